The van der Waals surface area contributed by atoms with Crippen molar-refractivity contribution in [2.24, 2.45) is 5.92 Å². The van der Waals surface area contributed by atoms with Gasteiger partial charge in [-0.25, -0.2) is 4.68 Å². The molecule has 0 aliphatic rings. The molecule has 0 radical (unpaired) electrons. The number of aromatic nitrogens is 3. The lowest BCUT2D eigenvalue weighted by Crippen LogP contribution is -2.25. The van der Waals surface area contributed by atoms with Gasteiger partial charge in [0.05, 0.1) is 29.0 Å². The highest BCUT2D eigenvalue weighted by atomic mass is 127. The Bertz CT molecular complexity index is 1110. The zero-order chi connectivity index (χ0) is 25.6. The van der Waals surface area contributed by atoms with Crippen LogP contribution in [-0.4, -0.2) is 50.4 Å². The molecule has 0 aliphatic heterocycles. The quantitative estimate of drug-likeness (QED) is 0.202. The molecule has 3 aromatic rings. The average molecular weight is 722 g/mol. The molecule has 2 atom stereocenters. The molecule has 0 spiro atoms. The minimum atomic E-state index is -0.788. The number of nitrogens with zero attached hydrogens (tertiary/aromatic N) is 3. The van der Waals surface area contributed by atoms with Gasteiger partial charge >= 0.3 is 0 Å². The lowest BCUT2D eigenvalue weighted by Gasteiger charge is -2.27. The normalized spacial score (nSPS) is 13.5. The van der Waals surface area contributed by atoms with Gasteiger partial charge in [-0.1, -0.05) is 44.2 Å². The zero-order valence-corrected chi connectivity index (χ0v) is 25.0. The van der Waals surface area contributed by atoms with Crippen molar-refractivity contribution in [1.29, 1.82) is 0 Å². The summed E-state index contributed by atoms with van der Waals surface area (Å²) in [6.07, 6.45) is -0.788. The van der Waals surface area contributed by atoms with Gasteiger partial charge in [0.2, 0.25) is 0 Å². The molecule has 3 rings (SSSR count). The second-order valence-electron chi connectivity index (χ2n) is 9.00. The molecule has 2 aromatic carbocycles. The summed E-state index contributed by atoms with van der Waals surface area (Å²) < 4.78 is 14.9. The van der Waals surface area contributed by atoms with Gasteiger partial charge in [0.1, 0.15) is 27.9 Å². The van der Waals surface area contributed by atoms with E-state index in [1.54, 1.807) is 0 Å². The second kappa shape index (κ2) is 12.9. The van der Waals surface area contributed by atoms with Gasteiger partial charge in [0.25, 0.3) is 0 Å². The Morgan fingerprint density at radius 3 is 2.43 bits per heavy atom. The van der Waals surface area contributed by atoms with Gasteiger partial charge in [0.15, 0.2) is 0 Å². The largest absolute Gasteiger partial charge is 0.492 e. The van der Waals surface area contributed by atoms with Crippen LogP contribution in [0.5, 0.6) is 11.5 Å². The van der Waals surface area contributed by atoms with Crippen molar-refractivity contribution >= 4 is 56.8 Å². The van der Waals surface area contributed by atoms with Crippen LogP contribution in [-0.2, 0) is 18.6 Å². The molecule has 0 saturated heterocycles. The van der Waals surface area contributed by atoms with Crippen molar-refractivity contribution in [3.05, 3.63) is 66.6 Å². The molecular formula is C25H30ClI2N3O4. The molecule has 0 aliphatic carbocycles. The SMILES string of the molecule is C[C@@H](CCl)COc1ccc(C(C)(C)c2ccc(OC[C@H](O)Cn3nnc(I)c3CO)cc2)cc1[123I]. The van der Waals surface area contributed by atoms with Crippen LogP contribution in [0.3, 0.4) is 0 Å². The van der Waals surface area contributed by atoms with E-state index in [0.717, 1.165) is 14.9 Å². The van der Waals surface area contributed by atoms with Crippen LogP contribution in [0.2, 0.25) is 0 Å². The fourth-order valence-electron chi connectivity index (χ4n) is 3.47. The Hall–Kier alpha value is -1.15. The van der Waals surface area contributed by atoms with Crippen molar-refractivity contribution in [3.8, 4) is 11.5 Å². The smallest absolute Gasteiger partial charge is 0.149 e. The Balaban J connectivity index is 1.61. The number of benzene rings is 2. The topological polar surface area (TPSA) is 89.6 Å². The Morgan fingerprint density at radius 2 is 1.80 bits per heavy atom. The summed E-state index contributed by atoms with van der Waals surface area (Å²) in [6.45, 7) is 7.15. The molecule has 1 heterocycles. The summed E-state index contributed by atoms with van der Waals surface area (Å²) in [5.74, 6) is 2.42. The van der Waals surface area contributed by atoms with Crippen molar-refractivity contribution < 1.29 is 19.7 Å². The molecule has 0 saturated carbocycles. The third kappa shape index (κ3) is 7.43. The maximum absolute atomic E-state index is 10.3. The van der Waals surface area contributed by atoms with E-state index in [0.29, 0.717) is 33.5 Å². The van der Waals surface area contributed by atoms with Crippen LogP contribution in [0.25, 0.3) is 0 Å². The van der Waals surface area contributed by atoms with E-state index in [1.165, 1.54) is 10.2 Å². The molecule has 0 unspecified atom stereocenters. The summed E-state index contributed by atoms with van der Waals surface area (Å²) in [5.41, 5.74) is 2.70. The molecule has 190 valence electrons. The maximum atomic E-state index is 10.3. The van der Waals surface area contributed by atoms with Gasteiger partial charge in [-0.05, 0) is 80.6 Å². The van der Waals surface area contributed by atoms with Crippen molar-refractivity contribution in [2.75, 3.05) is 19.1 Å². The lowest BCUT2D eigenvalue weighted by molar-refractivity contribution is 0.0866. The van der Waals surface area contributed by atoms with Crippen LogP contribution in [0, 0.1) is 13.2 Å². The van der Waals surface area contributed by atoms with Crippen molar-refractivity contribution in [3.63, 3.8) is 0 Å². The molecule has 10 heteroatoms. The molecule has 0 bridgehead atoms. The van der Waals surface area contributed by atoms with E-state index < -0.39 is 6.10 Å². The standard InChI is InChI=1S/C25H30ClI2N3O4/c1-16(11-26)14-35-23-9-6-18(10-21(23)27)25(2,3)17-4-7-20(8-5-17)34-15-19(33)12-31-22(13-32)24(28)29-30-31/h4-10,16,19,32-33H,11-15H2,1-3H3/t16-,19+/m0/s1/i27-4. The van der Waals surface area contributed by atoms with E-state index in [1.807, 2.05) is 52.9 Å². The first kappa shape index (κ1) is 28.4. The summed E-state index contributed by atoms with van der Waals surface area (Å²) in [7, 11) is 0. The van der Waals surface area contributed by atoms with E-state index in [4.69, 9.17) is 21.1 Å². The van der Waals surface area contributed by atoms with Gasteiger partial charge in [-0.15, -0.1) is 16.7 Å². The number of alkyl halides is 1. The molecule has 2 N–H and O–H groups in total. The van der Waals surface area contributed by atoms with Gasteiger partial charge in [0, 0.05) is 17.2 Å². The first-order chi connectivity index (χ1) is 16.6. The molecule has 0 amide bonds. The molecular weight excluding hydrogens is 692 g/mol. The summed E-state index contributed by atoms with van der Waals surface area (Å²) in [5, 5.41) is 27.7. The van der Waals surface area contributed by atoms with E-state index >= 15 is 0 Å². The molecule has 1 aromatic heterocycles. The van der Waals surface area contributed by atoms with Crippen molar-refractivity contribution in [2.45, 2.75) is 45.4 Å². The van der Waals surface area contributed by atoms with E-state index in [-0.39, 0.29) is 25.2 Å². The number of hydrogen-bond donors (Lipinski definition) is 2. The Morgan fingerprint density at radius 1 is 1.11 bits per heavy atom. The highest BCUT2D eigenvalue weighted by Gasteiger charge is 2.24. The number of hydrogen-bond acceptors (Lipinski definition) is 6. The third-order valence-electron chi connectivity index (χ3n) is 5.78. The van der Waals surface area contributed by atoms with E-state index in [9.17, 15) is 10.2 Å². The Labute approximate surface area is 238 Å². The zero-order valence-electron chi connectivity index (χ0n) is 19.9. The second-order valence-corrected chi connectivity index (χ2v) is 11.5. The number of aliphatic hydroxyl groups is 2. The highest BCUT2D eigenvalue weighted by molar-refractivity contribution is 14.1. The minimum absolute atomic E-state index is 0.103. The van der Waals surface area contributed by atoms with E-state index in [2.05, 4.69) is 65.8 Å². The number of aliphatic hydroxyl groups excluding tert-OH is 2. The maximum Gasteiger partial charge on any atom is 0.149 e. The number of ether oxygens (including phenoxy) is 2. The first-order valence-corrected chi connectivity index (χ1v) is 13.9. The minimum Gasteiger partial charge on any atom is -0.492 e. The molecule has 0 fully saturated rings. The van der Waals surface area contributed by atoms with Crippen LogP contribution < -0.4 is 9.47 Å². The van der Waals surface area contributed by atoms with Crippen LogP contribution in [0.1, 0.15) is 37.6 Å². The van der Waals surface area contributed by atoms with Crippen LogP contribution in [0.15, 0.2) is 42.5 Å². The summed E-state index contributed by atoms with van der Waals surface area (Å²) in [4.78, 5) is 0. The number of halogens is 3. The molecule has 35 heavy (non-hydrogen) atoms. The fourth-order valence-corrected chi connectivity index (χ4v) is 4.77. The van der Waals surface area contributed by atoms with Crippen molar-refractivity contribution in [1.82, 2.24) is 15.0 Å². The lowest BCUT2D eigenvalue weighted by atomic mass is 9.78. The van der Waals surface area contributed by atoms with Crippen LogP contribution in [0.4, 0.5) is 0 Å². The molecule has 7 nitrogen and oxygen atoms in total. The monoisotopic (exact) mass is 721 g/mol. The average Bonchev–Trinajstić information content (AvgIpc) is 3.20. The number of rotatable bonds is 12. The first-order valence-electron chi connectivity index (χ1n) is 11.2. The van der Waals surface area contributed by atoms with Gasteiger partial charge in [-0.3, -0.25) is 0 Å². The van der Waals surface area contributed by atoms with Gasteiger partial charge in [-0.2, -0.15) is 0 Å². The predicted molar refractivity (Wildman–Crippen MR) is 153 cm³/mol. The fraction of sp³-hybridized carbons (Fsp3) is 0.440. The highest BCUT2D eigenvalue weighted by Crippen LogP contribution is 2.35. The van der Waals surface area contributed by atoms with Gasteiger partial charge < -0.3 is 19.7 Å². The predicted octanol–water partition coefficient (Wildman–Crippen LogP) is 5.00. The third-order valence-corrected chi connectivity index (χ3v) is 7.99. The Kier molecular flexibility index (Phi) is 10.5. The summed E-state index contributed by atoms with van der Waals surface area (Å²) in [6, 6.07) is 14.2. The summed E-state index contributed by atoms with van der Waals surface area (Å²) >= 11 is 10.2. The van der Waals surface area contributed by atoms with Crippen LogP contribution >= 0.6 is 56.8 Å².